The molecular weight excluding hydrogens is 312 g/mol. The van der Waals surface area contributed by atoms with Crippen molar-refractivity contribution < 1.29 is 9.59 Å². The highest BCUT2D eigenvalue weighted by Gasteiger charge is 2.15. The molecule has 2 aromatic carbocycles. The summed E-state index contributed by atoms with van der Waals surface area (Å²) in [5.74, 6) is -0.501. The van der Waals surface area contributed by atoms with Gasteiger partial charge in [-0.05, 0) is 43.2 Å². The second-order valence-electron chi connectivity index (χ2n) is 5.21. The number of hydrogen-bond acceptors (Lipinski definition) is 2. The highest BCUT2D eigenvalue weighted by Crippen LogP contribution is 2.22. The molecule has 0 atom stereocenters. The van der Waals surface area contributed by atoms with Crippen LogP contribution >= 0.6 is 11.6 Å². The highest BCUT2D eigenvalue weighted by atomic mass is 35.5. The van der Waals surface area contributed by atoms with Crippen molar-refractivity contribution in [1.29, 1.82) is 0 Å². The molecule has 0 heterocycles. The Bertz CT molecular complexity index is 729. The quantitative estimate of drug-likeness (QED) is 0.869. The molecule has 0 saturated heterocycles. The van der Waals surface area contributed by atoms with Crippen LogP contribution < -0.4 is 10.6 Å². The smallest absolute Gasteiger partial charge is 0.255 e. The third-order valence-corrected chi connectivity index (χ3v) is 3.63. The summed E-state index contributed by atoms with van der Waals surface area (Å²) in [5, 5.41) is 6.04. The number of amides is 2. The van der Waals surface area contributed by atoms with Crippen LogP contribution in [0.3, 0.4) is 0 Å². The van der Waals surface area contributed by atoms with Crippen molar-refractivity contribution in [3.8, 4) is 0 Å². The maximum absolute atomic E-state index is 12.4. The van der Waals surface area contributed by atoms with Crippen LogP contribution in [0.25, 0.3) is 0 Å². The van der Waals surface area contributed by atoms with Crippen LogP contribution in [0.4, 0.5) is 5.69 Å². The summed E-state index contributed by atoms with van der Waals surface area (Å²) in [6.07, 6.45) is 0.838. The summed E-state index contributed by atoms with van der Waals surface area (Å²) < 4.78 is 0. The third kappa shape index (κ3) is 4.33. The zero-order valence-electron chi connectivity index (χ0n) is 13.2. The summed E-state index contributed by atoms with van der Waals surface area (Å²) in [7, 11) is 0. The van der Waals surface area contributed by atoms with Crippen LogP contribution in [0.5, 0.6) is 0 Å². The fourth-order valence-electron chi connectivity index (χ4n) is 2.17. The predicted octanol–water partition coefficient (Wildman–Crippen LogP) is 4.04. The molecule has 0 aromatic heterocycles. The lowest BCUT2D eigenvalue weighted by Gasteiger charge is -2.12. The number of rotatable bonds is 5. The second kappa shape index (κ2) is 7.79. The van der Waals surface area contributed by atoms with E-state index in [1.54, 1.807) is 30.3 Å². The molecule has 0 aliphatic heterocycles. The highest BCUT2D eigenvalue weighted by molar-refractivity contribution is 6.31. The minimum Gasteiger partial charge on any atom is -0.352 e. The number of anilines is 1. The number of nitrogens with one attached hydrogen (secondary N) is 2. The number of halogens is 1. The zero-order valence-corrected chi connectivity index (χ0v) is 13.9. The van der Waals surface area contributed by atoms with Gasteiger partial charge in [-0.15, -0.1) is 0 Å². The van der Waals surface area contributed by atoms with Gasteiger partial charge in [0.25, 0.3) is 11.8 Å². The predicted molar refractivity (Wildman–Crippen MR) is 93.2 cm³/mol. The van der Waals surface area contributed by atoms with Crippen molar-refractivity contribution >= 4 is 29.1 Å². The number of carbonyl (C=O) groups excluding carboxylic acids is 2. The van der Waals surface area contributed by atoms with E-state index in [4.69, 9.17) is 11.6 Å². The SMILES string of the molecule is CCCNC(=O)c1ccc(Cl)cc1NC(=O)c1ccccc1C. The molecule has 0 bridgehead atoms. The van der Waals surface area contributed by atoms with E-state index >= 15 is 0 Å². The van der Waals surface area contributed by atoms with Crippen molar-refractivity contribution in [3.63, 3.8) is 0 Å². The Morgan fingerprint density at radius 2 is 1.78 bits per heavy atom. The van der Waals surface area contributed by atoms with Gasteiger partial charge in [-0.25, -0.2) is 0 Å². The Morgan fingerprint density at radius 1 is 1.04 bits per heavy atom. The monoisotopic (exact) mass is 330 g/mol. The third-order valence-electron chi connectivity index (χ3n) is 3.40. The number of benzene rings is 2. The number of hydrogen-bond donors (Lipinski definition) is 2. The molecule has 0 fully saturated rings. The summed E-state index contributed by atoms with van der Waals surface area (Å²) in [6.45, 7) is 4.41. The first kappa shape index (κ1) is 17.0. The topological polar surface area (TPSA) is 58.2 Å². The fourth-order valence-corrected chi connectivity index (χ4v) is 2.34. The molecule has 2 amide bonds. The number of carbonyl (C=O) groups is 2. The Morgan fingerprint density at radius 3 is 2.48 bits per heavy atom. The van der Waals surface area contributed by atoms with E-state index in [-0.39, 0.29) is 11.8 Å². The molecule has 0 radical (unpaired) electrons. The van der Waals surface area contributed by atoms with Gasteiger partial charge in [-0.1, -0.05) is 36.7 Å². The average molecular weight is 331 g/mol. The minimum atomic E-state index is -0.269. The first-order valence-corrected chi connectivity index (χ1v) is 7.85. The normalized spacial score (nSPS) is 10.2. The Balaban J connectivity index is 2.28. The second-order valence-corrected chi connectivity index (χ2v) is 5.65. The lowest BCUT2D eigenvalue weighted by molar-refractivity contribution is 0.0954. The van der Waals surface area contributed by atoms with Crippen LogP contribution in [0.1, 0.15) is 39.6 Å². The standard InChI is InChI=1S/C18H19ClN2O2/c1-3-10-20-17(22)15-9-8-13(19)11-16(15)21-18(23)14-7-5-4-6-12(14)2/h4-9,11H,3,10H2,1-2H3,(H,20,22)(H,21,23). The van der Waals surface area contributed by atoms with Gasteiger partial charge in [0, 0.05) is 17.1 Å². The van der Waals surface area contributed by atoms with Crippen LogP contribution in [0, 0.1) is 6.92 Å². The molecule has 0 aliphatic rings. The van der Waals surface area contributed by atoms with E-state index in [0.717, 1.165) is 12.0 Å². The van der Waals surface area contributed by atoms with Gasteiger partial charge in [-0.2, -0.15) is 0 Å². The summed E-state index contributed by atoms with van der Waals surface area (Å²) in [6, 6.07) is 12.1. The molecule has 2 rings (SSSR count). The molecule has 2 N–H and O–H groups in total. The van der Waals surface area contributed by atoms with E-state index in [2.05, 4.69) is 10.6 Å². The largest absolute Gasteiger partial charge is 0.352 e. The number of aryl methyl sites for hydroxylation is 1. The molecule has 0 saturated carbocycles. The molecule has 0 unspecified atom stereocenters. The Labute approximate surface area is 140 Å². The van der Waals surface area contributed by atoms with Gasteiger partial charge in [0.2, 0.25) is 0 Å². The van der Waals surface area contributed by atoms with E-state index in [1.807, 2.05) is 26.0 Å². The maximum Gasteiger partial charge on any atom is 0.255 e. The van der Waals surface area contributed by atoms with Gasteiger partial charge >= 0.3 is 0 Å². The Kier molecular flexibility index (Phi) is 5.77. The summed E-state index contributed by atoms with van der Waals surface area (Å²) >= 11 is 6.00. The summed E-state index contributed by atoms with van der Waals surface area (Å²) in [5.41, 5.74) is 2.22. The lowest BCUT2D eigenvalue weighted by atomic mass is 10.1. The molecule has 120 valence electrons. The molecule has 4 nitrogen and oxygen atoms in total. The van der Waals surface area contributed by atoms with E-state index in [9.17, 15) is 9.59 Å². The molecule has 0 spiro atoms. The van der Waals surface area contributed by atoms with E-state index < -0.39 is 0 Å². The molecule has 0 aliphatic carbocycles. The van der Waals surface area contributed by atoms with E-state index in [1.165, 1.54) is 0 Å². The lowest BCUT2D eigenvalue weighted by Crippen LogP contribution is -2.26. The van der Waals surface area contributed by atoms with Gasteiger partial charge in [-0.3, -0.25) is 9.59 Å². The van der Waals surface area contributed by atoms with Crippen LogP contribution in [-0.4, -0.2) is 18.4 Å². The van der Waals surface area contributed by atoms with Gasteiger partial charge in [0.15, 0.2) is 0 Å². The summed E-state index contributed by atoms with van der Waals surface area (Å²) in [4.78, 5) is 24.7. The fraction of sp³-hybridized carbons (Fsp3) is 0.222. The van der Waals surface area contributed by atoms with Gasteiger partial charge in [0.1, 0.15) is 0 Å². The van der Waals surface area contributed by atoms with Crippen molar-refractivity contribution in [2.45, 2.75) is 20.3 Å². The van der Waals surface area contributed by atoms with Crippen molar-refractivity contribution in [1.82, 2.24) is 5.32 Å². The minimum absolute atomic E-state index is 0.233. The Hall–Kier alpha value is -2.33. The average Bonchev–Trinajstić information content (AvgIpc) is 2.53. The van der Waals surface area contributed by atoms with Crippen LogP contribution in [-0.2, 0) is 0 Å². The van der Waals surface area contributed by atoms with Crippen molar-refractivity contribution in [2.75, 3.05) is 11.9 Å². The van der Waals surface area contributed by atoms with Gasteiger partial charge in [0.05, 0.1) is 11.3 Å². The molecule has 23 heavy (non-hydrogen) atoms. The van der Waals surface area contributed by atoms with Crippen LogP contribution in [0.2, 0.25) is 5.02 Å². The van der Waals surface area contributed by atoms with Crippen LogP contribution in [0.15, 0.2) is 42.5 Å². The van der Waals surface area contributed by atoms with Crippen molar-refractivity contribution in [3.05, 3.63) is 64.2 Å². The zero-order chi connectivity index (χ0) is 16.8. The molecule has 5 heteroatoms. The molecular formula is C18H19ClN2O2. The first-order chi connectivity index (χ1) is 11.0. The maximum atomic E-state index is 12.4. The molecule has 2 aromatic rings. The van der Waals surface area contributed by atoms with Crippen molar-refractivity contribution in [2.24, 2.45) is 0 Å². The van der Waals surface area contributed by atoms with Gasteiger partial charge < -0.3 is 10.6 Å². The van der Waals surface area contributed by atoms with E-state index in [0.29, 0.717) is 28.4 Å². The first-order valence-electron chi connectivity index (χ1n) is 7.47.